The molecule has 0 heterocycles. The Hall–Kier alpha value is -3.01. The molecule has 0 unspecified atom stereocenters. The van der Waals surface area contributed by atoms with E-state index in [1.54, 1.807) is 36.4 Å². The number of nitrogens with one attached hydrogen (secondary N) is 1. The molecule has 0 spiro atoms. The number of fused-ring (bicyclic) bond motifs is 1. The van der Waals surface area contributed by atoms with Gasteiger partial charge in [0.1, 0.15) is 5.75 Å². The van der Waals surface area contributed by atoms with Gasteiger partial charge in [-0.2, -0.15) is 0 Å². The van der Waals surface area contributed by atoms with Crippen LogP contribution in [0.1, 0.15) is 10.4 Å². The molecule has 3 aromatic rings. The first kappa shape index (κ1) is 13.0. The van der Waals surface area contributed by atoms with Crippen LogP contribution in [0.2, 0.25) is 0 Å². The van der Waals surface area contributed by atoms with Gasteiger partial charge in [0, 0.05) is 16.9 Å². The number of phenols is 1. The van der Waals surface area contributed by atoms with Crippen molar-refractivity contribution in [3.63, 3.8) is 0 Å². The number of anilines is 2. The standard InChI is InChI=1S/C17H14N2O2/c18-17(21)13-2-1-12-10-15(4-3-11(12)9-13)19-14-5-7-16(20)8-6-14/h1-10,19-20H,(H2,18,21). The fraction of sp³-hybridized carbons (Fsp3) is 0. The largest absolute Gasteiger partial charge is 0.508 e. The molecule has 0 radical (unpaired) electrons. The lowest BCUT2D eigenvalue weighted by Crippen LogP contribution is -2.10. The second-order valence-electron chi connectivity index (χ2n) is 4.81. The Labute approximate surface area is 121 Å². The molecule has 1 amide bonds. The molecule has 3 rings (SSSR count). The summed E-state index contributed by atoms with van der Waals surface area (Å²) in [5.74, 6) is -0.193. The average Bonchev–Trinajstić information content (AvgIpc) is 2.49. The molecular weight excluding hydrogens is 264 g/mol. The first-order valence-corrected chi connectivity index (χ1v) is 6.51. The third-order valence-electron chi connectivity index (χ3n) is 3.28. The molecular formula is C17H14N2O2. The van der Waals surface area contributed by atoms with E-state index in [1.165, 1.54) is 0 Å². The summed E-state index contributed by atoms with van der Waals surface area (Å²) in [4.78, 5) is 11.2. The van der Waals surface area contributed by atoms with Gasteiger partial charge in [-0.25, -0.2) is 0 Å². The van der Waals surface area contributed by atoms with Gasteiger partial charge in [0.25, 0.3) is 0 Å². The SMILES string of the molecule is NC(=O)c1ccc2cc(Nc3ccc(O)cc3)ccc2c1. The molecule has 104 valence electrons. The molecule has 0 bridgehead atoms. The quantitative estimate of drug-likeness (QED) is 0.643. The molecule has 3 aromatic carbocycles. The first-order chi connectivity index (χ1) is 10.1. The minimum absolute atomic E-state index is 0.234. The first-order valence-electron chi connectivity index (χ1n) is 6.51. The molecule has 0 atom stereocenters. The summed E-state index contributed by atoms with van der Waals surface area (Å²) < 4.78 is 0. The van der Waals surface area contributed by atoms with Crippen LogP contribution in [0.15, 0.2) is 60.7 Å². The van der Waals surface area contributed by atoms with Crippen LogP contribution in [0.25, 0.3) is 10.8 Å². The number of hydrogen-bond acceptors (Lipinski definition) is 3. The van der Waals surface area contributed by atoms with Gasteiger partial charge in [-0.15, -0.1) is 0 Å². The molecule has 0 aliphatic heterocycles. The fourth-order valence-electron chi connectivity index (χ4n) is 2.19. The van der Waals surface area contributed by atoms with Crippen LogP contribution in [-0.2, 0) is 0 Å². The third-order valence-corrected chi connectivity index (χ3v) is 3.28. The highest BCUT2D eigenvalue weighted by Crippen LogP contribution is 2.24. The van der Waals surface area contributed by atoms with Crippen molar-refractivity contribution in [1.82, 2.24) is 0 Å². The summed E-state index contributed by atoms with van der Waals surface area (Å²) >= 11 is 0. The summed E-state index contributed by atoms with van der Waals surface area (Å²) in [6.45, 7) is 0. The van der Waals surface area contributed by atoms with E-state index < -0.39 is 5.91 Å². The molecule has 4 nitrogen and oxygen atoms in total. The number of carbonyl (C=O) groups excluding carboxylic acids is 1. The summed E-state index contributed by atoms with van der Waals surface area (Å²) in [6.07, 6.45) is 0. The monoisotopic (exact) mass is 278 g/mol. The molecule has 0 fully saturated rings. The lowest BCUT2D eigenvalue weighted by Gasteiger charge is -2.08. The summed E-state index contributed by atoms with van der Waals surface area (Å²) in [5.41, 5.74) is 7.60. The van der Waals surface area contributed by atoms with Crippen LogP contribution in [0, 0.1) is 0 Å². The average molecular weight is 278 g/mol. The topological polar surface area (TPSA) is 75.4 Å². The van der Waals surface area contributed by atoms with Crippen molar-refractivity contribution >= 4 is 28.1 Å². The van der Waals surface area contributed by atoms with Crippen LogP contribution >= 0.6 is 0 Å². The van der Waals surface area contributed by atoms with E-state index in [4.69, 9.17) is 5.73 Å². The number of carbonyl (C=O) groups is 1. The normalized spacial score (nSPS) is 10.5. The summed E-state index contributed by atoms with van der Waals surface area (Å²) in [5, 5.41) is 14.5. The van der Waals surface area contributed by atoms with Crippen molar-refractivity contribution in [3.8, 4) is 5.75 Å². The Morgan fingerprint density at radius 1 is 0.857 bits per heavy atom. The van der Waals surface area contributed by atoms with Gasteiger partial charge in [0.15, 0.2) is 0 Å². The van der Waals surface area contributed by atoms with Crippen molar-refractivity contribution < 1.29 is 9.90 Å². The van der Waals surface area contributed by atoms with Gasteiger partial charge < -0.3 is 16.2 Å². The molecule has 21 heavy (non-hydrogen) atoms. The van der Waals surface area contributed by atoms with E-state index in [1.807, 2.05) is 24.3 Å². The van der Waals surface area contributed by atoms with Crippen molar-refractivity contribution in [2.45, 2.75) is 0 Å². The highest BCUT2D eigenvalue weighted by atomic mass is 16.3. The number of aromatic hydroxyl groups is 1. The predicted molar refractivity (Wildman–Crippen MR) is 83.9 cm³/mol. The maximum Gasteiger partial charge on any atom is 0.248 e. The van der Waals surface area contributed by atoms with Gasteiger partial charge in [-0.05, 0) is 59.3 Å². The summed E-state index contributed by atoms with van der Waals surface area (Å²) in [6, 6.07) is 18.1. The second kappa shape index (κ2) is 5.17. The number of hydrogen-bond donors (Lipinski definition) is 3. The third kappa shape index (κ3) is 2.79. The van der Waals surface area contributed by atoms with Gasteiger partial charge in [0.2, 0.25) is 5.91 Å². The van der Waals surface area contributed by atoms with Crippen molar-refractivity contribution in [1.29, 1.82) is 0 Å². The Kier molecular flexibility index (Phi) is 3.20. The van der Waals surface area contributed by atoms with Crippen LogP contribution in [0.4, 0.5) is 11.4 Å². The highest BCUT2D eigenvalue weighted by molar-refractivity contribution is 5.98. The molecule has 0 aliphatic rings. The zero-order valence-electron chi connectivity index (χ0n) is 11.2. The maximum absolute atomic E-state index is 11.2. The molecule has 4 N–H and O–H groups in total. The highest BCUT2D eigenvalue weighted by Gasteiger charge is 2.03. The maximum atomic E-state index is 11.2. The number of rotatable bonds is 3. The van der Waals surface area contributed by atoms with Gasteiger partial charge in [0.05, 0.1) is 0 Å². The lowest BCUT2D eigenvalue weighted by molar-refractivity contribution is 0.100. The smallest absolute Gasteiger partial charge is 0.248 e. The molecule has 0 saturated carbocycles. The molecule has 4 heteroatoms. The van der Waals surface area contributed by atoms with Gasteiger partial charge in [-0.1, -0.05) is 12.1 Å². The number of phenolic OH excluding ortho intramolecular Hbond substituents is 1. The minimum Gasteiger partial charge on any atom is -0.508 e. The van der Waals surface area contributed by atoms with E-state index >= 15 is 0 Å². The summed E-state index contributed by atoms with van der Waals surface area (Å²) in [7, 11) is 0. The number of amides is 1. The van der Waals surface area contributed by atoms with E-state index in [2.05, 4.69) is 5.32 Å². The second-order valence-corrected chi connectivity index (χ2v) is 4.81. The zero-order chi connectivity index (χ0) is 14.8. The van der Waals surface area contributed by atoms with E-state index in [-0.39, 0.29) is 5.75 Å². The number of benzene rings is 3. The number of primary amides is 1. The Balaban J connectivity index is 1.92. The molecule has 0 aliphatic carbocycles. The van der Waals surface area contributed by atoms with Crippen LogP contribution in [0.5, 0.6) is 5.75 Å². The van der Waals surface area contributed by atoms with Crippen LogP contribution in [-0.4, -0.2) is 11.0 Å². The van der Waals surface area contributed by atoms with E-state index in [0.717, 1.165) is 22.1 Å². The number of nitrogens with two attached hydrogens (primary N) is 1. The van der Waals surface area contributed by atoms with Crippen LogP contribution in [0.3, 0.4) is 0 Å². The van der Waals surface area contributed by atoms with Crippen LogP contribution < -0.4 is 11.1 Å². The van der Waals surface area contributed by atoms with Gasteiger partial charge in [-0.3, -0.25) is 4.79 Å². The van der Waals surface area contributed by atoms with Crippen molar-refractivity contribution in [3.05, 3.63) is 66.2 Å². The van der Waals surface area contributed by atoms with Gasteiger partial charge >= 0.3 is 0 Å². The Morgan fingerprint density at radius 3 is 2.19 bits per heavy atom. The van der Waals surface area contributed by atoms with Crippen molar-refractivity contribution in [2.24, 2.45) is 5.73 Å². The minimum atomic E-state index is -0.428. The Morgan fingerprint density at radius 2 is 1.48 bits per heavy atom. The fourth-order valence-corrected chi connectivity index (χ4v) is 2.19. The van der Waals surface area contributed by atoms with E-state index in [9.17, 15) is 9.90 Å². The Bertz CT molecular complexity index is 811. The lowest BCUT2D eigenvalue weighted by atomic mass is 10.1. The molecule has 0 aromatic heterocycles. The zero-order valence-corrected chi connectivity index (χ0v) is 11.2. The van der Waals surface area contributed by atoms with E-state index in [0.29, 0.717) is 5.56 Å². The van der Waals surface area contributed by atoms with Crippen molar-refractivity contribution in [2.75, 3.05) is 5.32 Å². The predicted octanol–water partition coefficient (Wildman–Crippen LogP) is 3.39. The molecule has 0 saturated heterocycles.